The molecule has 1 aromatic carbocycles. The zero-order chi connectivity index (χ0) is 12.6. The lowest BCUT2D eigenvalue weighted by molar-refractivity contribution is 0.472. The lowest BCUT2D eigenvalue weighted by Crippen LogP contribution is -1.96. The molecule has 0 saturated heterocycles. The summed E-state index contributed by atoms with van der Waals surface area (Å²) >= 11 is 0. The predicted molar refractivity (Wildman–Crippen MR) is 68.9 cm³/mol. The van der Waals surface area contributed by atoms with Crippen molar-refractivity contribution in [3.8, 4) is 16.9 Å². The van der Waals surface area contributed by atoms with Gasteiger partial charge in [0.1, 0.15) is 11.6 Å². The smallest absolute Gasteiger partial charge is 0.126 e. The molecule has 0 amide bonds. The Hall–Kier alpha value is -1.97. The van der Waals surface area contributed by atoms with E-state index >= 15 is 0 Å². The lowest BCUT2D eigenvalue weighted by atomic mass is 9.91. The van der Waals surface area contributed by atoms with E-state index in [0.29, 0.717) is 11.7 Å². The number of rotatable bonds is 2. The van der Waals surface area contributed by atoms with Crippen LogP contribution in [0.2, 0.25) is 0 Å². The summed E-state index contributed by atoms with van der Waals surface area (Å²) < 4.78 is 0. The molecular weight excluding hydrogens is 214 g/mol. The molecule has 1 aromatic heterocycles. The van der Waals surface area contributed by atoms with Crippen LogP contribution < -0.4 is 5.73 Å². The van der Waals surface area contributed by atoms with E-state index in [2.05, 4.69) is 24.0 Å². The van der Waals surface area contributed by atoms with Crippen molar-refractivity contribution in [3.05, 3.63) is 29.5 Å². The van der Waals surface area contributed by atoms with Crippen molar-refractivity contribution < 1.29 is 5.11 Å². The molecule has 2 rings (SSSR count). The van der Waals surface area contributed by atoms with E-state index in [1.807, 2.05) is 19.1 Å². The number of aromatic nitrogens is 2. The van der Waals surface area contributed by atoms with Crippen LogP contribution in [0.1, 0.15) is 30.9 Å². The van der Waals surface area contributed by atoms with Gasteiger partial charge in [-0.15, -0.1) is 0 Å². The molecule has 90 valence electrons. The summed E-state index contributed by atoms with van der Waals surface area (Å²) in [6.45, 7) is 6.05. The van der Waals surface area contributed by atoms with Crippen molar-refractivity contribution >= 4 is 5.82 Å². The van der Waals surface area contributed by atoms with Gasteiger partial charge in [0, 0.05) is 11.1 Å². The van der Waals surface area contributed by atoms with Crippen LogP contribution in [0.4, 0.5) is 5.82 Å². The Bertz CT molecular complexity index is 544. The van der Waals surface area contributed by atoms with E-state index < -0.39 is 0 Å². The number of aromatic amines is 1. The Labute approximate surface area is 100 Å². The molecule has 0 aliphatic rings. The van der Waals surface area contributed by atoms with E-state index in [4.69, 9.17) is 5.73 Å². The summed E-state index contributed by atoms with van der Waals surface area (Å²) in [5, 5.41) is 16.8. The van der Waals surface area contributed by atoms with Gasteiger partial charge in [0.25, 0.3) is 0 Å². The highest BCUT2D eigenvalue weighted by Gasteiger charge is 2.17. The van der Waals surface area contributed by atoms with Gasteiger partial charge in [0.05, 0.1) is 6.20 Å². The number of nitrogen functional groups attached to an aromatic ring is 1. The van der Waals surface area contributed by atoms with Crippen molar-refractivity contribution in [2.45, 2.75) is 26.7 Å². The highest BCUT2D eigenvalue weighted by Crippen LogP contribution is 2.40. The first kappa shape index (κ1) is 11.5. The summed E-state index contributed by atoms with van der Waals surface area (Å²) in [6.07, 6.45) is 1.65. The molecule has 0 fully saturated rings. The average Bonchev–Trinajstić information content (AvgIpc) is 2.68. The highest BCUT2D eigenvalue weighted by atomic mass is 16.3. The number of H-pyrrole nitrogens is 1. The fourth-order valence-corrected chi connectivity index (χ4v) is 1.97. The van der Waals surface area contributed by atoms with Gasteiger partial charge in [-0.3, -0.25) is 5.10 Å². The summed E-state index contributed by atoms with van der Waals surface area (Å²) in [4.78, 5) is 0. The topological polar surface area (TPSA) is 74.9 Å². The second-order valence-electron chi connectivity index (χ2n) is 4.55. The van der Waals surface area contributed by atoms with Crippen LogP contribution >= 0.6 is 0 Å². The number of nitrogens with zero attached hydrogens (tertiary/aromatic N) is 1. The highest BCUT2D eigenvalue weighted by molar-refractivity contribution is 5.81. The maximum absolute atomic E-state index is 10.2. The SMILES string of the molecule is Cc1ccc(C(C)C)c(-c2cn[nH]c2N)c1O. The van der Waals surface area contributed by atoms with Gasteiger partial charge in [-0.05, 0) is 24.0 Å². The normalized spacial score (nSPS) is 11.1. The molecule has 0 aliphatic carbocycles. The summed E-state index contributed by atoms with van der Waals surface area (Å²) in [6, 6.07) is 3.95. The molecule has 17 heavy (non-hydrogen) atoms. The molecule has 0 saturated carbocycles. The summed E-state index contributed by atoms with van der Waals surface area (Å²) in [5.74, 6) is 1.07. The van der Waals surface area contributed by atoms with Crippen LogP contribution in [-0.2, 0) is 0 Å². The van der Waals surface area contributed by atoms with Gasteiger partial charge in [-0.1, -0.05) is 26.0 Å². The van der Waals surface area contributed by atoms with Crippen LogP contribution in [0.3, 0.4) is 0 Å². The molecule has 0 spiro atoms. The zero-order valence-corrected chi connectivity index (χ0v) is 10.3. The van der Waals surface area contributed by atoms with Gasteiger partial charge in [0.2, 0.25) is 0 Å². The summed E-state index contributed by atoms with van der Waals surface area (Å²) in [5.41, 5.74) is 9.28. The maximum atomic E-state index is 10.2. The minimum atomic E-state index is 0.282. The van der Waals surface area contributed by atoms with Gasteiger partial charge >= 0.3 is 0 Å². The Morgan fingerprint density at radius 1 is 1.35 bits per heavy atom. The standard InChI is InChI=1S/C13H17N3O/c1-7(2)9-5-4-8(3)12(17)11(9)10-6-15-16-13(10)14/h4-7,17H,1-3H3,(H3,14,15,16). The Kier molecular flexibility index (Phi) is 2.79. The summed E-state index contributed by atoms with van der Waals surface area (Å²) in [7, 11) is 0. The van der Waals surface area contributed by atoms with E-state index in [-0.39, 0.29) is 5.75 Å². The van der Waals surface area contributed by atoms with Gasteiger partial charge < -0.3 is 10.8 Å². The number of hydrogen-bond acceptors (Lipinski definition) is 3. The molecule has 0 radical (unpaired) electrons. The monoisotopic (exact) mass is 231 g/mol. The third-order valence-electron chi connectivity index (χ3n) is 2.97. The first-order valence-electron chi connectivity index (χ1n) is 5.64. The number of phenols is 1. The second-order valence-corrected chi connectivity index (χ2v) is 4.55. The third-order valence-corrected chi connectivity index (χ3v) is 2.97. The Morgan fingerprint density at radius 3 is 2.59 bits per heavy atom. The van der Waals surface area contributed by atoms with Crippen molar-refractivity contribution in [1.29, 1.82) is 0 Å². The predicted octanol–water partition coefficient (Wildman–Crippen LogP) is 2.80. The first-order chi connectivity index (χ1) is 8.02. The van der Waals surface area contributed by atoms with Gasteiger partial charge in [0.15, 0.2) is 0 Å². The molecule has 0 aliphatic heterocycles. The minimum Gasteiger partial charge on any atom is -0.507 e. The fraction of sp³-hybridized carbons (Fsp3) is 0.308. The van der Waals surface area contributed by atoms with Crippen molar-refractivity contribution in [1.82, 2.24) is 10.2 Å². The average molecular weight is 231 g/mol. The lowest BCUT2D eigenvalue weighted by Gasteiger charge is -2.15. The van der Waals surface area contributed by atoms with Crippen LogP contribution in [0.5, 0.6) is 5.75 Å². The van der Waals surface area contributed by atoms with Crippen LogP contribution in [0, 0.1) is 6.92 Å². The molecule has 1 heterocycles. The Balaban J connectivity index is 2.74. The first-order valence-corrected chi connectivity index (χ1v) is 5.64. The quantitative estimate of drug-likeness (QED) is 0.744. The van der Waals surface area contributed by atoms with Crippen LogP contribution in [-0.4, -0.2) is 15.3 Å². The molecule has 4 N–H and O–H groups in total. The van der Waals surface area contributed by atoms with Crippen LogP contribution in [0.25, 0.3) is 11.1 Å². The van der Waals surface area contributed by atoms with Crippen molar-refractivity contribution in [2.24, 2.45) is 0 Å². The number of phenolic OH excluding ortho intramolecular Hbond substituents is 1. The van der Waals surface area contributed by atoms with Crippen molar-refractivity contribution in [3.63, 3.8) is 0 Å². The molecule has 4 heteroatoms. The maximum Gasteiger partial charge on any atom is 0.126 e. The molecule has 4 nitrogen and oxygen atoms in total. The van der Waals surface area contributed by atoms with E-state index in [9.17, 15) is 5.11 Å². The number of benzene rings is 1. The fourth-order valence-electron chi connectivity index (χ4n) is 1.97. The van der Waals surface area contributed by atoms with Crippen molar-refractivity contribution in [2.75, 3.05) is 5.73 Å². The molecule has 2 aromatic rings. The molecule has 0 bridgehead atoms. The largest absolute Gasteiger partial charge is 0.507 e. The molecule has 0 unspecified atom stereocenters. The number of nitrogens with one attached hydrogen (secondary N) is 1. The number of aryl methyl sites for hydroxylation is 1. The number of hydrogen-bond donors (Lipinski definition) is 3. The third kappa shape index (κ3) is 1.86. The van der Waals surface area contributed by atoms with Crippen LogP contribution in [0.15, 0.2) is 18.3 Å². The molecular formula is C13H17N3O. The molecule has 0 atom stereocenters. The minimum absolute atomic E-state index is 0.282. The van der Waals surface area contributed by atoms with E-state index in [0.717, 1.165) is 22.3 Å². The second kappa shape index (κ2) is 4.13. The van der Waals surface area contributed by atoms with E-state index in [1.54, 1.807) is 6.20 Å². The number of aromatic hydroxyl groups is 1. The zero-order valence-electron chi connectivity index (χ0n) is 10.3. The van der Waals surface area contributed by atoms with Gasteiger partial charge in [-0.25, -0.2) is 0 Å². The van der Waals surface area contributed by atoms with E-state index in [1.165, 1.54) is 0 Å². The van der Waals surface area contributed by atoms with Gasteiger partial charge in [-0.2, -0.15) is 5.10 Å². The Morgan fingerprint density at radius 2 is 2.06 bits per heavy atom. The number of anilines is 1. The number of nitrogens with two attached hydrogens (primary N) is 1.